The zero-order valence-corrected chi connectivity index (χ0v) is 17.3. The third-order valence-electron chi connectivity index (χ3n) is 7.05. The third kappa shape index (κ3) is 3.09. The number of sulfonamides is 1. The lowest BCUT2D eigenvalue weighted by atomic mass is 9.48. The van der Waals surface area contributed by atoms with Gasteiger partial charge in [-0.25, -0.2) is 8.42 Å². The number of benzene rings is 2. The molecule has 6 rings (SSSR count). The van der Waals surface area contributed by atoms with Gasteiger partial charge in [-0.1, -0.05) is 17.7 Å². The van der Waals surface area contributed by atoms with Crippen molar-refractivity contribution in [1.29, 1.82) is 0 Å². The zero-order chi connectivity index (χ0) is 19.5. The van der Waals surface area contributed by atoms with Crippen molar-refractivity contribution >= 4 is 33.0 Å². The van der Waals surface area contributed by atoms with Crippen molar-refractivity contribution in [2.24, 2.45) is 17.8 Å². The van der Waals surface area contributed by atoms with Gasteiger partial charge in [-0.2, -0.15) is 0 Å². The molecule has 0 aromatic heterocycles. The Labute approximate surface area is 171 Å². The molecule has 6 heteroatoms. The molecule has 0 spiro atoms. The average molecular weight is 417 g/mol. The molecule has 0 atom stereocenters. The number of anilines is 2. The van der Waals surface area contributed by atoms with E-state index in [1.165, 1.54) is 56.2 Å². The first-order valence-corrected chi connectivity index (χ1v) is 11.9. The molecule has 0 saturated heterocycles. The van der Waals surface area contributed by atoms with E-state index < -0.39 is 10.0 Å². The minimum Gasteiger partial charge on any atom is -0.399 e. The summed E-state index contributed by atoms with van der Waals surface area (Å²) in [6.45, 7) is 0. The van der Waals surface area contributed by atoms with E-state index >= 15 is 0 Å². The summed E-state index contributed by atoms with van der Waals surface area (Å²) in [7, 11) is -3.70. The van der Waals surface area contributed by atoms with Gasteiger partial charge < -0.3 is 5.73 Å². The van der Waals surface area contributed by atoms with Crippen molar-refractivity contribution in [3.63, 3.8) is 0 Å². The molecule has 28 heavy (non-hydrogen) atoms. The zero-order valence-electron chi connectivity index (χ0n) is 15.7. The Balaban J connectivity index is 1.42. The molecule has 0 amide bonds. The van der Waals surface area contributed by atoms with Crippen LogP contribution < -0.4 is 10.5 Å². The molecule has 0 heterocycles. The number of nitrogens with two attached hydrogens (primary N) is 1. The minimum absolute atomic E-state index is 0.169. The van der Waals surface area contributed by atoms with Crippen LogP contribution in [0.5, 0.6) is 0 Å². The van der Waals surface area contributed by atoms with Gasteiger partial charge in [0.2, 0.25) is 0 Å². The lowest BCUT2D eigenvalue weighted by molar-refractivity contribution is -0.00517. The van der Waals surface area contributed by atoms with Crippen LogP contribution in [0.25, 0.3) is 0 Å². The highest BCUT2D eigenvalue weighted by atomic mass is 35.5. The maximum absolute atomic E-state index is 12.7. The molecule has 0 aliphatic heterocycles. The van der Waals surface area contributed by atoms with Crippen LogP contribution >= 0.6 is 11.6 Å². The normalized spacial score (nSPS) is 31.1. The molecule has 148 valence electrons. The van der Waals surface area contributed by atoms with Crippen molar-refractivity contribution < 1.29 is 8.42 Å². The van der Waals surface area contributed by atoms with E-state index in [2.05, 4.69) is 10.8 Å². The second kappa shape index (κ2) is 6.39. The van der Waals surface area contributed by atoms with E-state index in [9.17, 15) is 8.42 Å². The Morgan fingerprint density at radius 3 is 2.04 bits per heavy atom. The van der Waals surface area contributed by atoms with Gasteiger partial charge in [0.1, 0.15) is 0 Å². The Morgan fingerprint density at radius 1 is 0.929 bits per heavy atom. The first-order valence-electron chi connectivity index (χ1n) is 10.0. The van der Waals surface area contributed by atoms with Crippen molar-refractivity contribution in [3.8, 4) is 0 Å². The molecule has 0 unspecified atom stereocenters. The predicted octanol–water partition coefficient (Wildman–Crippen LogP) is 5.19. The summed E-state index contributed by atoms with van der Waals surface area (Å²) in [6.07, 6.45) is 7.95. The van der Waals surface area contributed by atoms with Crippen LogP contribution in [-0.4, -0.2) is 8.42 Å². The number of nitrogens with one attached hydrogen (secondary N) is 1. The summed E-state index contributed by atoms with van der Waals surface area (Å²) in [5.41, 5.74) is 8.13. The van der Waals surface area contributed by atoms with Crippen LogP contribution in [0.1, 0.15) is 44.1 Å². The topological polar surface area (TPSA) is 72.2 Å². The SMILES string of the molecule is Nc1ccc(S(=O)(=O)Nc2ccc(C34CC5CC(CC(C5)C3)C4)cc2Cl)cc1. The summed E-state index contributed by atoms with van der Waals surface area (Å²) >= 11 is 6.54. The molecule has 2 aromatic carbocycles. The number of rotatable bonds is 4. The summed E-state index contributed by atoms with van der Waals surface area (Å²) in [5.74, 6) is 2.57. The second-order valence-electron chi connectivity index (χ2n) is 9.07. The summed E-state index contributed by atoms with van der Waals surface area (Å²) in [6, 6.07) is 12.0. The van der Waals surface area contributed by atoms with Gasteiger partial charge in [-0.3, -0.25) is 4.72 Å². The lowest BCUT2D eigenvalue weighted by Gasteiger charge is -2.57. The van der Waals surface area contributed by atoms with Crippen molar-refractivity contribution in [2.75, 3.05) is 10.5 Å². The fourth-order valence-electron chi connectivity index (χ4n) is 6.24. The predicted molar refractivity (Wildman–Crippen MR) is 113 cm³/mol. The van der Waals surface area contributed by atoms with Crippen LogP contribution in [0.4, 0.5) is 11.4 Å². The first-order chi connectivity index (χ1) is 13.3. The summed E-state index contributed by atoms with van der Waals surface area (Å²) in [4.78, 5) is 0.169. The Hall–Kier alpha value is -1.72. The fourth-order valence-corrected chi connectivity index (χ4v) is 7.61. The Bertz CT molecular complexity index is 982. The molecular formula is C22H25ClN2O2S. The number of hydrogen-bond acceptors (Lipinski definition) is 3. The van der Waals surface area contributed by atoms with E-state index in [-0.39, 0.29) is 10.3 Å². The highest BCUT2D eigenvalue weighted by molar-refractivity contribution is 7.92. The highest BCUT2D eigenvalue weighted by Crippen LogP contribution is 2.61. The van der Waals surface area contributed by atoms with E-state index in [1.807, 2.05) is 12.1 Å². The third-order valence-corrected chi connectivity index (χ3v) is 8.75. The molecule has 4 fully saturated rings. The number of nitrogen functional groups attached to an aromatic ring is 1. The number of hydrogen-bond donors (Lipinski definition) is 2. The summed E-state index contributed by atoms with van der Waals surface area (Å²) < 4.78 is 27.9. The molecule has 0 radical (unpaired) electrons. The maximum atomic E-state index is 12.7. The quantitative estimate of drug-likeness (QED) is 0.673. The monoisotopic (exact) mass is 416 g/mol. The van der Waals surface area contributed by atoms with E-state index in [4.69, 9.17) is 17.3 Å². The van der Waals surface area contributed by atoms with Crippen molar-refractivity contribution in [3.05, 3.63) is 53.1 Å². The van der Waals surface area contributed by atoms with Gasteiger partial charge in [0.05, 0.1) is 15.6 Å². The van der Waals surface area contributed by atoms with E-state index in [0.717, 1.165) is 17.8 Å². The Morgan fingerprint density at radius 2 is 1.50 bits per heavy atom. The highest BCUT2D eigenvalue weighted by Gasteiger charge is 2.51. The van der Waals surface area contributed by atoms with Crippen LogP contribution in [0, 0.1) is 17.8 Å². The first kappa shape index (κ1) is 18.3. The number of halogens is 1. The van der Waals surface area contributed by atoms with Gasteiger partial charge >= 0.3 is 0 Å². The minimum atomic E-state index is -3.70. The molecule has 3 N–H and O–H groups in total. The molecule has 4 bridgehead atoms. The molecule has 2 aromatic rings. The van der Waals surface area contributed by atoms with Crippen molar-refractivity contribution in [2.45, 2.75) is 48.8 Å². The standard InChI is InChI=1S/C22H25ClN2O2S/c23-20-10-17(22-11-14-7-15(12-22)9-16(8-14)13-22)1-6-21(20)25-28(26,27)19-4-2-18(24)3-5-19/h1-6,10,14-16,25H,7-9,11-13,24H2. The van der Waals surface area contributed by atoms with Crippen molar-refractivity contribution in [1.82, 2.24) is 0 Å². The molecular weight excluding hydrogens is 392 g/mol. The van der Waals surface area contributed by atoms with E-state index in [1.54, 1.807) is 12.1 Å². The molecule has 4 saturated carbocycles. The average Bonchev–Trinajstić information content (AvgIpc) is 2.62. The van der Waals surface area contributed by atoms with Crippen LogP contribution in [0.15, 0.2) is 47.4 Å². The van der Waals surface area contributed by atoms with E-state index in [0.29, 0.717) is 16.4 Å². The van der Waals surface area contributed by atoms with Gasteiger partial charge in [-0.05, 0) is 104 Å². The van der Waals surface area contributed by atoms with Gasteiger partial charge in [0.15, 0.2) is 0 Å². The fraction of sp³-hybridized carbons (Fsp3) is 0.455. The molecule has 4 aliphatic carbocycles. The second-order valence-corrected chi connectivity index (χ2v) is 11.2. The summed E-state index contributed by atoms with van der Waals surface area (Å²) in [5, 5.41) is 0.465. The van der Waals surface area contributed by atoms with Gasteiger partial charge in [0, 0.05) is 5.69 Å². The maximum Gasteiger partial charge on any atom is 0.261 e. The lowest BCUT2D eigenvalue weighted by Crippen LogP contribution is -2.48. The van der Waals surface area contributed by atoms with Gasteiger partial charge in [0.25, 0.3) is 10.0 Å². The largest absolute Gasteiger partial charge is 0.399 e. The van der Waals surface area contributed by atoms with Crippen LogP contribution in [0.3, 0.4) is 0 Å². The van der Waals surface area contributed by atoms with Crippen LogP contribution in [0.2, 0.25) is 5.02 Å². The Kier molecular flexibility index (Phi) is 4.18. The van der Waals surface area contributed by atoms with Crippen LogP contribution in [-0.2, 0) is 15.4 Å². The molecule has 4 nitrogen and oxygen atoms in total. The molecule has 4 aliphatic rings. The smallest absolute Gasteiger partial charge is 0.261 e. The van der Waals surface area contributed by atoms with Gasteiger partial charge in [-0.15, -0.1) is 0 Å².